The van der Waals surface area contributed by atoms with Crippen LogP contribution in [-0.4, -0.2) is 9.91 Å². The van der Waals surface area contributed by atoms with E-state index >= 15 is 0 Å². The van der Waals surface area contributed by atoms with Crippen LogP contribution in [0, 0.1) is 21.4 Å². The van der Waals surface area contributed by atoms with Crippen LogP contribution in [0.15, 0.2) is 36.4 Å². The van der Waals surface area contributed by atoms with Crippen LogP contribution in [-0.2, 0) is 0 Å². The zero-order valence-corrected chi connectivity index (χ0v) is 10.2. The second-order valence-corrected chi connectivity index (χ2v) is 3.84. The summed E-state index contributed by atoms with van der Waals surface area (Å²) in [5.41, 5.74) is 0.0661. The second-order valence-electron chi connectivity index (χ2n) is 3.46. The highest BCUT2D eigenvalue weighted by molar-refractivity contribution is 6.29. The molecular formula is C12H6ClN3O3. The summed E-state index contributed by atoms with van der Waals surface area (Å²) in [5.74, 6) is 0.0597. The number of aromatic nitrogens is 1. The van der Waals surface area contributed by atoms with Crippen molar-refractivity contribution in [3.8, 4) is 17.7 Å². The summed E-state index contributed by atoms with van der Waals surface area (Å²) in [4.78, 5) is 14.1. The minimum Gasteiger partial charge on any atom is -0.432 e. The minimum atomic E-state index is -0.564. The topological polar surface area (TPSA) is 89.0 Å². The van der Waals surface area contributed by atoms with Crippen LogP contribution < -0.4 is 4.74 Å². The predicted octanol–water partition coefficient (Wildman–Crippen LogP) is 3.31. The molecule has 0 N–H and O–H groups in total. The Hall–Kier alpha value is -2.65. The quantitative estimate of drug-likeness (QED) is 0.487. The van der Waals surface area contributed by atoms with E-state index in [1.807, 2.05) is 6.07 Å². The number of halogens is 1. The van der Waals surface area contributed by atoms with Gasteiger partial charge in [0.05, 0.1) is 16.6 Å². The fraction of sp³-hybridized carbons (Fsp3) is 0. The van der Waals surface area contributed by atoms with Crippen LogP contribution in [0.25, 0.3) is 0 Å². The van der Waals surface area contributed by atoms with Crippen LogP contribution in [0.2, 0.25) is 5.15 Å². The van der Waals surface area contributed by atoms with Gasteiger partial charge in [0, 0.05) is 12.1 Å². The van der Waals surface area contributed by atoms with Crippen molar-refractivity contribution in [3.05, 3.63) is 57.2 Å². The SMILES string of the molecule is N#Cc1cc(Cl)nc(Oc2ccccc2[N+](=O)[O-])c1. The summed E-state index contributed by atoms with van der Waals surface area (Å²) in [6, 6.07) is 10.5. The molecule has 1 aromatic heterocycles. The van der Waals surface area contributed by atoms with Gasteiger partial charge in [-0.05, 0) is 12.1 Å². The Morgan fingerprint density at radius 2 is 2.11 bits per heavy atom. The molecule has 0 spiro atoms. The molecule has 2 aromatic rings. The van der Waals surface area contributed by atoms with E-state index in [4.69, 9.17) is 21.6 Å². The average molecular weight is 276 g/mol. The normalized spacial score (nSPS) is 9.68. The lowest BCUT2D eigenvalue weighted by Crippen LogP contribution is -1.95. The van der Waals surface area contributed by atoms with Crippen LogP contribution in [0.4, 0.5) is 5.69 Å². The lowest BCUT2D eigenvalue weighted by Gasteiger charge is -2.05. The fourth-order valence-corrected chi connectivity index (χ4v) is 1.60. The first-order valence-corrected chi connectivity index (χ1v) is 5.47. The summed E-state index contributed by atoms with van der Waals surface area (Å²) in [5, 5.41) is 19.7. The fourth-order valence-electron chi connectivity index (χ4n) is 1.40. The van der Waals surface area contributed by atoms with E-state index in [9.17, 15) is 10.1 Å². The first-order valence-electron chi connectivity index (χ1n) is 5.09. The minimum absolute atomic E-state index is 0.0263. The summed E-state index contributed by atoms with van der Waals surface area (Å²) in [6.45, 7) is 0. The average Bonchev–Trinajstić information content (AvgIpc) is 2.38. The Morgan fingerprint density at radius 1 is 1.37 bits per heavy atom. The Morgan fingerprint density at radius 3 is 2.79 bits per heavy atom. The summed E-state index contributed by atoms with van der Waals surface area (Å²) in [6.07, 6.45) is 0. The number of nitro benzene ring substituents is 1. The zero-order chi connectivity index (χ0) is 13.8. The molecule has 0 aliphatic rings. The molecule has 7 heteroatoms. The van der Waals surface area contributed by atoms with Crippen molar-refractivity contribution < 1.29 is 9.66 Å². The predicted molar refractivity (Wildman–Crippen MR) is 67.1 cm³/mol. The molecule has 1 aromatic carbocycles. The molecule has 1 heterocycles. The third-order valence-electron chi connectivity index (χ3n) is 2.18. The number of hydrogen-bond acceptors (Lipinski definition) is 5. The molecular weight excluding hydrogens is 270 g/mol. The molecule has 2 rings (SSSR count). The van der Waals surface area contributed by atoms with Gasteiger partial charge in [0.15, 0.2) is 0 Å². The van der Waals surface area contributed by atoms with E-state index in [-0.39, 0.29) is 28.0 Å². The van der Waals surface area contributed by atoms with Gasteiger partial charge in [0.25, 0.3) is 0 Å². The second kappa shape index (κ2) is 5.33. The lowest BCUT2D eigenvalue weighted by molar-refractivity contribution is -0.385. The number of nitriles is 1. The Kier molecular flexibility index (Phi) is 3.59. The van der Waals surface area contributed by atoms with Crippen LogP contribution >= 0.6 is 11.6 Å². The van der Waals surface area contributed by atoms with Gasteiger partial charge in [-0.25, -0.2) is 4.98 Å². The number of benzene rings is 1. The van der Waals surface area contributed by atoms with Crippen molar-refractivity contribution in [3.63, 3.8) is 0 Å². The number of ether oxygens (including phenoxy) is 1. The Labute approximate surface area is 113 Å². The first-order chi connectivity index (χ1) is 9.10. The largest absolute Gasteiger partial charge is 0.432 e. The molecule has 0 atom stereocenters. The zero-order valence-electron chi connectivity index (χ0n) is 9.41. The molecule has 0 amide bonds. The maximum absolute atomic E-state index is 10.8. The summed E-state index contributed by atoms with van der Waals surface area (Å²) in [7, 11) is 0. The van der Waals surface area contributed by atoms with E-state index in [0.29, 0.717) is 0 Å². The number of nitro groups is 1. The molecule has 6 nitrogen and oxygen atoms in total. The molecule has 0 radical (unpaired) electrons. The van der Waals surface area contributed by atoms with E-state index in [2.05, 4.69) is 4.98 Å². The van der Waals surface area contributed by atoms with Crippen molar-refractivity contribution in [2.45, 2.75) is 0 Å². The third-order valence-corrected chi connectivity index (χ3v) is 2.37. The molecule has 0 fully saturated rings. The Balaban J connectivity index is 2.39. The molecule has 0 unspecified atom stereocenters. The van der Waals surface area contributed by atoms with E-state index in [1.165, 1.54) is 30.3 Å². The van der Waals surface area contributed by atoms with Gasteiger partial charge in [0.2, 0.25) is 11.6 Å². The summed E-state index contributed by atoms with van der Waals surface area (Å²) < 4.78 is 5.31. The number of para-hydroxylation sites is 2. The van der Waals surface area contributed by atoms with Gasteiger partial charge >= 0.3 is 5.69 Å². The van der Waals surface area contributed by atoms with Crippen molar-refractivity contribution in [1.29, 1.82) is 5.26 Å². The number of nitrogens with zero attached hydrogens (tertiary/aromatic N) is 3. The summed E-state index contributed by atoms with van der Waals surface area (Å²) >= 11 is 5.72. The molecule has 19 heavy (non-hydrogen) atoms. The molecule has 0 saturated heterocycles. The van der Waals surface area contributed by atoms with Crippen molar-refractivity contribution >= 4 is 17.3 Å². The molecule has 0 bridgehead atoms. The van der Waals surface area contributed by atoms with Crippen LogP contribution in [0.1, 0.15) is 5.56 Å². The van der Waals surface area contributed by atoms with E-state index in [1.54, 1.807) is 6.07 Å². The molecule has 0 aliphatic carbocycles. The number of hydrogen-bond donors (Lipinski definition) is 0. The van der Waals surface area contributed by atoms with Gasteiger partial charge in [-0.2, -0.15) is 5.26 Å². The highest BCUT2D eigenvalue weighted by Crippen LogP contribution is 2.30. The maximum Gasteiger partial charge on any atom is 0.311 e. The van der Waals surface area contributed by atoms with Gasteiger partial charge < -0.3 is 4.74 Å². The van der Waals surface area contributed by atoms with Crippen molar-refractivity contribution in [1.82, 2.24) is 4.98 Å². The van der Waals surface area contributed by atoms with E-state index in [0.717, 1.165) is 0 Å². The third kappa shape index (κ3) is 2.97. The lowest BCUT2D eigenvalue weighted by atomic mass is 10.3. The van der Waals surface area contributed by atoms with Crippen molar-refractivity contribution in [2.75, 3.05) is 0 Å². The monoisotopic (exact) mass is 275 g/mol. The van der Waals surface area contributed by atoms with Crippen molar-refractivity contribution in [2.24, 2.45) is 0 Å². The number of rotatable bonds is 3. The molecule has 94 valence electrons. The maximum atomic E-state index is 10.8. The van der Waals surface area contributed by atoms with Crippen LogP contribution in [0.3, 0.4) is 0 Å². The highest BCUT2D eigenvalue weighted by Gasteiger charge is 2.15. The van der Waals surface area contributed by atoms with Gasteiger partial charge in [-0.3, -0.25) is 10.1 Å². The smallest absolute Gasteiger partial charge is 0.311 e. The van der Waals surface area contributed by atoms with Gasteiger partial charge in [-0.1, -0.05) is 23.7 Å². The standard InChI is InChI=1S/C12H6ClN3O3/c13-11-5-8(7-14)6-12(15-11)19-10-4-2-1-3-9(10)16(17)18/h1-6H. The first kappa shape index (κ1) is 12.8. The van der Waals surface area contributed by atoms with Gasteiger partial charge in [0.1, 0.15) is 5.15 Å². The van der Waals surface area contributed by atoms with E-state index < -0.39 is 4.92 Å². The Bertz CT molecular complexity index is 682. The van der Waals surface area contributed by atoms with Crippen LogP contribution in [0.5, 0.6) is 11.6 Å². The highest BCUT2D eigenvalue weighted by atomic mass is 35.5. The van der Waals surface area contributed by atoms with Gasteiger partial charge in [-0.15, -0.1) is 0 Å². The number of pyridine rings is 1. The molecule has 0 aliphatic heterocycles. The molecule has 0 saturated carbocycles.